The number of alkyl halides is 1. The van der Waals surface area contributed by atoms with Gasteiger partial charge >= 0.3 is 0 Å². The summed E-state index contributed by atoms with van der Waals surface area (Å²) in [7, 11) is 0. The van der Waals surface area contributed by atoms with Gasteiger partial charge in [0.2, 0.25) is 0 Å². The molecule has 0 unspecified atom stereocenters. The highest BCUT2D eigenvalue weighted by Gasteiger charge is 2.33. The molecule has 0 atom stereocenters. The van der Waals surface area contributed by atoms with E-state index in [1.165, 1.54) is 32.2 Å². The molecule has 1 rings (SSSR count). The molecule has 0 heterocycles. The summed E-state index contributed by atoms with van der Waals surface area (Å²) < 4.78 is 5.44. The van der Waals surface area contributed by atoms with Gasteiger partial charge in [0.05, 0.1) is 6.61 Å². The van der Waals surface area contributed by atoms with Gasteiger partial charge in [-0.25, -0.2) is 0 Å². The highest BCUT2D eigenvalue weighted by Crippen LogP contribution is 2.40. The van der Waals surface area contributed by atoms with Crippen molar-refractivity contribution in [1.29, 1.82) is 0 Å². The predicted molar refractivity (Wildman–Crippen MR) is 73.3 cm³/mol. The maximum absolute atomic E-state index is 5.44. The van der Waals surface area contributed by atoms with E-state index in [0.29, 0.717) is 5.41 Å². The average Bonchev–Trinajstić information content (AvgIpc) is 2.77. The zero-order chi connectivity index (χ0) is 11.9. The number of likely N-dealkylation sites (N-methyl/N-ethyl adjacent to an activating group) is 1. The van der Waals surface area contributed by atoms with Crippen LogP contribution in [0.4, 0.5) is 0 Å². The van der Waals surface area contributed by atoms with Gasteiger partial charge in [-0.1, -0.05) is 35.7 Å². The zero-order valence-corrected chi connectivity index (χ0v) is 12.4. The summed E-state index contributed by atoms with van der Waals surface area (Å²) in [5.74, 6) is 0. The van der Waals surface area contributed by atoms with E-state index in [4.69, 9.17) is 4.74 Å². The van der Waals surface area contributed by atoms with Crippen molar-refractivity contribution in [1.82, 2.24) is 4.90 Å². The van der Waals surface area contributed by atoms with Crippen molar-refractivity contribution in [3.63, 3.8) is 0 Å². The Bertz CT molecular complexity index is 181. The van der Waals surface area contributed by atoms with Gasteiger partial charge in [-0.05, 0) is 31.7 Å². The van der Waals surface area contributed by atoms with Crippen molar-refractivity contribution in [3.8, 4) is 0 Å². The molecule has 0 aliphatic heterocycles. The number of rotatable bonds is 8. The lowest BCUT2D eigenvalue weighted by atomic mass is 9.88. The Kier molecular flexibility index (Phi) is 6.94. The van der Waals surface area contributed by atoms with Crippen molar-refractivity contribution in [2.24, 2.45) is 5.41 Å². The number of nitrogens with zero attached hydrogens (tertiary/aromatic N) is 1. The molecule has 16 heavy (non-hydrogen) atoms. The van der Waals surface area contributed by atoms with E-state index in [1.807, 2.05) is 0 Å². The fraction of sp³-hybridized carbons (Fsp3) is 1.00. The molecule has 1 aliphatic carbocycles. The summed E-state index contributed by atoms with van der Waals surface area (Å²) >= 11 is 3.72. The number of hydrogen-bond donors (Lipinski definition) is 0. The molecule has 2 nitrogen and oxygen atoms in total. The number of halogens is 1. The van der Waals surface area contributed by atoms with Gasteiger partial charge in [0.1, 0.15) is 0 Å². The van der Waals surface area contributed by atoms with Crippen LogP contribution >= 0.6 is 15.9 Å². The van der Waals surface area contributed by atoms with E-state index in [1.54, 1.807) is 0 Å². The minimum Gasteiger partial charge on any atom is -0.380 e. The van der Waals surface area contributed by atoms with Gasteiger partial charge in [0, 0.05) is 25.0 Å². The maximum atomic E-state index is 5.44. The van der Waals surface area contributed by atoms with Gasteiger partial charge in [-0.3, -0.25) is 0 Å². The van der Waals surface area contributed by atoms with Crippen molar-refractivity contribution < 1.29 is 4.74 Å². The summed E-state index contributed by atoms with van der Waals surface area (Å²) in [5, 5.41) is 1.16. The van der Waals surface area contributed by atoms with E-state index < -0.39 is 0 Å². The molecule has 0 spiro atoms. The molecule has 1 fully saturated rings. The van der Waals surface area contributed by atoms with E-state index in [9.17, 15) is 0 Å². The first-order valence-corrected chi connectivity index (χ1v) is 7.74. The van der Waals surface area contributed by atoms with Gasteiger partial charge in [0.15, 0.2) is 0 Å². The lowest BCUT2D eigenvalue weighted by molar-refractivity contribution is 0.0959. The molecule has 0 bridgehead atoms. The van der Waals surface area contributed by atoms with E-state index in [0.717, 1.165) is 31.6 Å². The van der Waals surface area contributed by atoms with Crippen LogP contribution in [0.2, 0.25) is 0 Å². The first-order chi connectivity index (χ1) is 7.76. The fourth-order valence-corrected chi connectivity index (χ4v) is 3.36. The average molecular weight is 292 g/mol. The second-order valence-electron chi connectivity index (χ2n) is 4.91. The molecule has 0 N–H and O–H groups in total. The molecule has 1 aliphatic rings. The third-order valence-electron chi connectivity index (χ3n) is 3.71. The highest BCUT2D eigenvalue weighted by molar-refractivity contribution is 9.09. The van der Waals surface area contributed by atoms with Crippen LogP contribution in [0.15, 0.2) is 0 Å². The Balaban J connectivity index is 2.35. The molecular weight excluding hydrogens is 266 g/mol. The molecular formula is C13H26BrNO. The molecule has 1 saturated carbocycles. The van der Waals surface area contributed by atoms with Crippen LogP contribution in [0, 0.1) is 5.41 Å². The van der Waals surface area contributed by atoms with E-state index >= 15 is 0 Å². The normalized spacial score (nSPS) is 19.5. The van der Waals surface area contributed by atoms with Gasteiger partial charge in [-0.15, -0.1) is 0 Å². The largest absolute Gasteiger partial charge is 0.380 e. The Labute approximate surface area is 109 Å². The van der Waals surface area contributed by atoms with Gasteiger partial charge < -0.3 is 9.64 Å². The van der Waals surface area contributed by atoms with Crippen LogP contribution in [-0.4, -0.2) is 43.1 Å². The summed E-state index contributed by atoms with van der Waals surface area (Å²) in [6.45, 7) is 9.49. The Morgan fingerprint density at radius 3 is 2.44 bits per heavy atom. The summed E-state index contributed by atoms with van der Waals surface area (Å²) in [5.41, 5.74) is 0.544. The molecule has 0 aromatic heterocycles. The Morgan fingerprint density at radius 2 is 1.94 bits per heavy atom. The number of ether oxygens (including phenoxy) is 1. The van der Waals surface area contributed by atoms with Gasteiger partial charge in [0.25, 0.3) is 0 Å². The van der Waals surface area contributed by atoms with Crippen molar-refractivity contribution in [2.45, 2.75) is 39.5 Å². The predicted octanol–water partition coefficient (Wildman–Crippen LogP) is 3.30. The van der Waals surface area contributed by atoms with E-state index in [-0.39, 0.29) is 0 Å². The second-order valence-corrected chi connectivity index (χ2v) is 5.47. The molecule has 0 amide bonds. The quantitative estimate of drug-likeness (QED) is 0.503. The molecule has 3 heteroatoms. The number of hydrogen-bond acceptors (Lipinski definition) is 2. The van der Waals surface area contributed by atoms with Crippen molar-refractivity contribution >= 4 is 15.9 Å². The topological polar surface area (TPSA) is 12.5 Å². The van der Waals surface area contributed by atoms with Gasteiger partial charge in [-0.2, -0.15) is 0 Å². The lowest BCUT2D eigenvalue weighted by Gasteiger charge is -2.33. The SMILES string of the molecule is CCOCCN(CC)CC1(CBr)CCCC1. The maximum Gasteiger partial charge on any atom is 0.0593 e. The van der Waals surface area contributed by atoms with Crippen LogP contribution in [-0.2, 0) is 4.74 Å². The molecule has 96 valence electrons. The minimum absolute atomic E-state index is 0.544. The second kappa shape index (κ2) is 7.67. The zero-order valence-electron chi connectivity index (χ0n) is 10.8. The van der Waals surface area contributed by atoms with Crippen LogP contribution in [0.3, 0.4) is 0 Å². The third kappa shape index (κ3) is 4.34. The van der Waals surface area contributed by atoms with E-state index in [2.05, 4.69) is 34.7 Å². The van der Waals surface area contributed by atoms with Crippen LogP contribution in [0.25, 0.3) is 0 Å². The van der Waals surface area contributed by atoms with Crippen LogP contribution < -0.4 is 0 Å². The van der Waals surface area contributed by atoms with Crippen molar-refractivity contribution in [2.75, 3.05) is 38.2 Å². The summed E-state index contributed by atoms with van der Waals surface area (Å²) in [4.78, 5) is 2.54. The van der Waals surface area contributed by atoms with Crippen LogP contribution in [0.5, 0.6) is 0 Å². The summed E-state index contributed by atoms with van der Waals surface area (Å²) in [6.07, 6.45) is 5.61. The van der Waals surface area contributed by atoms with Crippen molar-refractivity contribution in [3.05, 3.63) is 0 Å². The monoisotopic (exact) mass is 291 g/mol. The lowest BCUT2D eigenvalue weighted by Crippen LogP contribution is -2.39. The molecule has 0 aromatic carbocycles. The fourth-order valence-electron chi connectivity index (χ4n) is 2.62. The van der Waals surface area contributed by atoms with Crippen LogP contribution in [0.1, 0.15) is 39.5 Å². The first-order valence-electron chi connectivity index (χ1n) is 6.62. The Hall–Kier alpha value is 0.400. The first kappa shape index (κ1) is 14.5. The molecule has 0 radical (unpaired) electrons. The molecule has 0 saturated heterocycles. The summed E-state index contributed by atoms with van der Waals surface area (Å²) in [6, 6.07) is 0. The smallest absolute Gasteiger partial charge is 0.0593 e. The minimum atomic E-state index is 0.544. The standard InChI is InChI=1S/C13H26BrNO/c1-3-15(9-10-16-4-2)12-13(11-14)7-5-6-8-13/h3-12H2,1-2H3. The third-order valence-corrected chi connectivity index (χ3v) is 4.90. The highest BCUT2D eigenvalue weighted by atomic mass is 79.9. The Morgan fingerprint density at radius 1 is 1.25 bits per heavy atom. The molecule has 0 aromatic rings.